The minimum Gasteiger partial charge on any atom is -0.496 e. The predicted octanol–water partition coefficient (Wildman–Crippen LogP) is 3.24. The van der Waals surface area contributed by atoms with E-state index in [1.165, 1.54) is 29.6 Å². The smallest absolute Gasteiger partial charge is 0.259 e. The van der Waals surface area contributed by atoms with Crippen LogP contribution in [-0.4, -0.2) is 52.0 Å². The molecule has 0 radical (unpaired) electrons. The van der Waals surface area contributed by atoms with Crippen molar-refractivity contribution >= 4 is 33.2 Å². The third-order valence-electron chi connectivity index (χ3n) is 4.69. The molecule has 2 aromatic rings. The largest absolute Gasteiger partial charge is 0.496 e. The molecule has 1 N–H and O–H groups in total. The van der Waals surface area contributed by atoms with Crippen LogP contribution in [0.5, 0.6) is 5.75 Å². The quantitative estimate of drug-likeness (QED) is 0.774. The van der Waals surface area contributed by atoms with Gasteiger partial charge in [-0.1, -0.05) is 17.7 Å². The minimum atomic E-state index is -3.75. The highest BCUT2D eigenvalue weighted by Crippen LogP contribution is 2.30. The molecule has 156 valence electrons. The van der Waals surface area contributed by atoms with Gasteiger partial charge in [-0.15, -0.1) is 0 Å². The summed E-state index contributed by atoms with van der Waals surface area (Å²) in [4.78, 5) is 13.0. The lowest BCUT2D eigenvalue weighted by Crippen LogP contribution is -2.40. The minimum absolute atomic E-state index is 0.0251. The Morgan fingerprint density at radius 2 is 1.86 bits per heavy atom. The molecule has 1 fully saturated rings. The fourth-order valence-electron chi connectivity index (χ4n) is 3.22. The second-order valence-corrected chi connectivity index (χ2v) is 9.12. The molecule has 0 bridgehead atoms. The molecule has 1 saturated heterocycles. The number of nitrogens with one attached hydrogen (secondary N) is 1. The highest BCUT2D eigenvalue weighted by molar-refractivity contribution is 7.89. The monoisotopic (exact) mass is 438 g/mol. The molecule has 1 aliphatic rings. The maximum atomic E-state index is 13.0. The molecule has 29 heavy (non-hydrogen) atoms. The van der Waals surface area contributed by atoms with Crippen molar-refractivity contribution in [3.8, 4) is 5.75 Å². The number of amides is 1. The van der Waals surface area contributed by atoms with Crippen molar-refractivity contribution in [3.05, 3.63) is 52.0 Å². The van der Waals surface area contributed by atoms with E-state index in [0.717, 1.165) is 11.1 Å². The van der Waals surface area contributed by atoms with Crippen LogP contribution in [0.1, 0.15) is 21.5 Å². The summed E-state index contributed by atoms with van der Waals surface area (Å²) in [5, 5.41) is 3.18. The third-order valence-corrected chi connectivity index (χ3v) is 6.89. The summed E-state index contributed by atoms with van der Waals surface area (Å²) >= 11 is 6.29. The van der Waals surface area contributed by atoms with Gasteiger partial charge in [0, 0.05) is 13.1 Å². The van der Waals surface area contributed by atoms with Gasteiger partial charge in [-0.3, -0.25) is 4.79 Å². The number of carbonyl (C=O) groups excluding carboxylic acids is 1. The molecular formula is C20H23ClN2O5S. The summed E-state index contributed by atoms with van der Waals surface area (Å²) in [6.07, 6.45) is 0. The molecular weight excluding hydrogens is 416 g/mol. The van der Waals surface area contributed by atoms with Crippen LogP contribution in [0.2, 0.25) is 5.02 Å². The molecule has 0 unspecified atom stereocenters. The van der Waals surface area contributed by atoms with Gasteiger partial charge in [0.15, 0.2) is 0 Å². The summed E-state index contributed by atoms with van der Waals surface area (Å²) in [5.74, 6) is -0.237. The molecule has 2 aromatic carbocycles. The lowest BCUT2D eigenvalue weighted by atomic mass is 10.1. The zero-order valence-electron chi connectivity index (χ0n) is 16.5. The maximum absolute atomic E-state index is 13.0. The molecule has 0 aromatic heterocycles. The third kappa shape index (κ3) is 4.56. The van der Waals surface area contributed by atoms with Gasteiger partial charge in [-0.05, 0) is 49.2 Å². The van der Waals surface area contributed by atoms with Crippen molar-refractivity contribution < 1.29 is 22.7 Å². The number of nitrogens with zero attached hydrogens (tertiary/aromatic N) is 1. The normalized spacial score (nSPS) is 15.2. The molecule has 7 nitrogen and oxygen atoms in total. The molecule has 0 atom stereocenters. The van der Waals surface area contributed by atoms with Gasteiger partial charge in [0.25, 0.3) is 5.91 Å². The summed E-state index contributed by atoms with van der Waals surface area (Å²) in [7, 11) is -2.32. The van der Waals surface area contributed by atoms with E-state index in [1.54, 1.807) is 6.07 Å². The Labute approximate surface area is 175 Å². The fourth-order valence-corrected chi connectivity index (χ4v) is 5.02. The number of morpholine rings is 1. The standard InChI is InChI=1S/C20H23ClN2O5S/c1-13-10-14(2)19(17(21)11-13)22-20(24)16-12-15(4-5-18(16)27-3)29(25,26)23-6-8-28-9-7-23/h4-5,10-12H,6-9H2,1-3H3,(H,22,24). The van der Waals surface area contributed by atoms with Crippen LogP contribution in [0.4, 0.5) is 5.69 Å². The predicted molar refractivity (Wildman–Crippen MR) is 111 cm³/mol. The molecule has 1 aliphatic heterocycles. The number of carbonyl (C=O) groups is 1. The summed E-state index contributed by atoms with van der Waals surface area (Å²) < 4.78 is 37.7. The van der Waals surface area contributed by atoms with Crippen LogP contribution in [0.25, 0.3) is 0 Å². The van der Waals surface area contributed by atoms with E-state index in [2.05, 4.69) is 5.32 Å². The number of halogens is 1. The highest BCUT2D eigenvalue weighted by atomic mass is 35.5. The van der Waals surface area contributed by atoms with E-state index < -0.39 is 15.9 Å². The second kappa shape index (κ2) is 8.71. The topological polar surface area (TPSA) is 84.9 Å². The summed E-state index contributed by atoms with van der Waals surface area (Å²) in [5.41, 5.74) is 2.37. The van der Waals surface area contributed by atoms with Crippen LogP contribution >= 0.6 is 11.6 Å². The van der Waals surface area contributed by atoms with Gasteiger partial charge in [0.1, 0.15) is 5.75 Å². The number of sulfonamides is 1. The first-order chi connectivity index (χ1) is 13.7. The van der Waals surface area contributed by atoms with Crippen LogP contribution in [0.15, 0.2) is 35.2 Å². The van der Waals surface area contributed by atoms with Gasteiger partial charge < -0.3 is 14.8 Å². The number of benzene rings is 2. The van der Waals surface area contributed by atoms with Crippen molar-refractivity contribution in [2.45, 2.75) is 18.7 Å². The van der Waals surface area contributed by atoms with E-state index in [0.29, 0.717) is 23.9 Å². The number of hydrogen-bond donors (Lipinski definition) is 1. The Hall–Kier alpha value is -2.13. The molecule has 1 heterocycles. The van der Waals surface area contributed by atoms with Gasteiger partial charge >= 0.3 is 0 Å². The first-order valence-corrected chi connectivity index (χ1v) is 10.9. The number of aryl methyl sites for hydroxylation is 2. The maximum Gasteiger partial charge on any atom is 0.259 e. The van der Waals surface area contributed by atoms with Crippen molar-refractivity contribution in [1.82, 2.24) is 4.31 Å². The fraction of sp³-hybridized carbons (Fsp3) is 0.350. The van der Waals surface area contributed by atoms with Crippen LogP contribution in [-0.2, 0) is 14.8 Å². The Balaban J connectivity index is 1.96. The van der Waals surface area contributed by atoms with E-state index in [4.69, 9.17) is 21.1 Å². The van der Waals surface area contributed by atoms with Crippen molar-refractivity contribution in [3.63, 3.8) is 0 Å². The molecule has 0 spiro atoms. The van der Waals surface area contributed by atoms with Gasteiger partial charge in [0.2, 0.25) is 10.0 Å². The van der Waals surface area contributed by atoms with Crippen molar-refractivity contribution in [2.75, 3.05) is 38.7 Å². The Morgan fingerprint density at radius 1 is 1.17 bits per heavy atom. The van der Waals surface area contributed by atoms with E-state index in [1.807, 2.05) is 19.9 Å². The van der Waals surface area contributed by atoms with E-state index in [-0.39, 0.29) is 29.3 Å². The molecule has 1 amide bonds. The van der Waals surface area contributed by atoms with Crippen LogP contribution < -0.4 is 10.1 Å². The molecule has 0 saturated carbocycles. The molecule has 9 heteroatoms. The highest BCUT2D eigenvalue weighted by Gasteiger charge is 2.28. The number of methoxy groups -OCH3 is 1. The summed E-state index contributed by atoms with van der Waals surface area (Å²) in [6.45, 7) is 4.97. The van der Waals surface area contributed by atoms with Gasteiger partial charge in [-0.25, -0.2) is 8.42 Å². The Morgan fingerprint density at radius 3 is 2.48 bits per heavy atom. The van der Waals surface area contributed by atoms with Gasteiger partial charge in [0.05, 0.1) is 41.5 Å². The first-order valence-electron chi connectivity index (χ1n) is 9.08. The lowest BCUT2D eigenvalue weighted by Gasteiger charge is -2.26. The Kier molecular flexibility index (Phi) is 6.48. The van der Waals surface area contributed by atoms with Gasteiger partial charge in [-0.2, -0.15) is 4.31 Å². The average Bonchev–Trinajstić information content (AvgIpc) is 2.70. The SMILES string of the molecule is COc1ccc(S(=O)(=O)N2CCOCC2)cc1C(=O)Nc1c(C)cc(C)cc1Cl. The molecule has 3 rings (SSSR count). The zero-order valence-corrected chi connectivity index (χ0v) is 18.1. The van der Waals surface area contributed by atoms with Crippen LogP contribution in [0.3, 0.4) is 0 Å². The average molecular weight is 439 g/mol. The summed E-state index contributed by atoms with van der Waals surface area (Å²) in [6, 6.07) is 7.89. The first kappa shape index (κ1) is 21.6. The second-order valence-electron chi connectivity index (χ2n) is 6.77. The number of ether oxygens (including phenoxy) is 2. The van der Waals surface area contributed by atoms with Crippen molar-refractivity contribution in [2.24, 2.45) is 0 Å². The van der Waals surface area contributed by atoms with Crippen molar-refractivity contribution in [1.29, 1.82) is 0 Å². The molecule has 0 aliphatic carbocycles. The van der Waals surface area contributed by atoms with E-state index in [9.17, 15) is 13.2 Å². The van der Waals surface area contributed by atoms with E-state index >= 15 is 0 Å². The zero-order chi connectivity index (χ0) is 21.2. The Bertz CT molecular complexity index is 1010. The lowest BCUT2D eigenvalue weighted by molar-refractivity contribution is 0.0730. The number of anilines is 1. The number of rotatable bonds is 5. The number of hydrogen-bond acceptors (Lipinski definition) is 5. The van der Waals surface area contributed by atoms with Crippen LogP contribution in [0, 0.1) is 13.8 Å².